The van der Waals surface area contributed by atoms with Gasteiger partial charge >= 0.3 is 0 Å². The number of ether oxygens (including phenoxy) is 1. The highest BCUT2D eigenvalue weighted by Gasteiger charge is 2.11. The van der Waals surface area contributed by atoms with Gasteiger partial charge in [-0.05, 0) is 31.0 Å². The first-order valence-corrected chi connectivity index (χ1v) is 6.94. The minimum Gasteiger partial charge on any atom is -0.482 e. The van der Waals surface area contributed by atoms with Crippen LogP contribution in [0.4, 0.5) is 0 Å². The van der Waals surface area contributed by atoms with E-state index < -0.39 is 0 Å². The monoisotopic (exact) mass is 333 g/mol. The van der Waals surface area contributed by atoms with Crippen LogP contribution in [0.2, 0.25) is 5.02 Å². The summed E-state index contributed by atoms with van der Waals surface area (Å²) in [5.74, 6) is 0.757. The Morgan fingerprint density at radius 1 is 1.44 bits per heavy atom. The van der Waals surface area contributed by atoms with Gasteiger partial charge in [-0.15, -0.1) is 0 Å². The number of hydrogen-bond donors (Lipinski definition) is 1. The van der Waals surface area contributed by atoms with E-state index in [4.69, 9.17) is 16.3 Å². The van der Waals surface area contributed by atoms with Gasteiger partial charge in [-0.3, -0.25) is 4.79 Å². The van der Waals surface area contributed by atoms with Crippen molar-refractivity contribution in [1.29, 1.82) is 0 Å². The Balaban J connectivity index is 2.47. The largest absolute Gasteiger partial charge is 0.482 e. The third-order valence-corrected chi connectivity index (χ3v) is 3.43. The van der Waals surface area contributed by atoms with Crippen LogP contribution in [-0.4, -0.2) is 18.6 Å². The predicted molar refractivity (Wildman–Crippen MR) is 77.1 cm³/mol. The van der Waals surface area contributed by atoms with Gasteiger partial charge in [0.05, 0.1) is 5.02 Å². The highest BCUT2D eigenvalue weighted by atomic mass is 79.9. The van der Waals surface area contributed by atoms with E-state index in [9.17, 15) is 4.79 Å². The summed E-state index contributed by atoms with van der Waals surface area (Å²) in [5.41, 5.74) is 0. The lowest BCUT2D eigenvalue weighted by atomic mass is 10.1. The molecule has 0 saturated heterocycles. The Hall–Kier alpha value is -0.740. The lowest BCUT2D eigenvalue weighted by Crippen LogP contribution is -2.38. The summed E-state index contributed by atoms with van der Waals surface area (Å²) in [7, 11) is 0. The van der Waals surface area contributed by atoms with Gasteiger partial charge in [-0.2, -0.15) is 0 Å². The molecule has 1 aromatic rings. The number of benzene rings is 1. The van der Waals surface area contributed by atoms with Gasteiger partial charge in [0.25, 0.3) is 5.91 Å². The van der Waals surface area contributed by atoms with Crippen LogP contribution in [-0.2, 0) is 4.79 Å². The number of rotatable bonds is 5. The van der Waals surface area contributed by atoms with Gasteiger partial charge in [-0.1, -0.05) is 41.4 Å². The van der Waals surface area contributed by atoms with Gasteiger partial charge in [0.15, 0.2) is 6.61 Å². The van der Waals surface area contributed by atoms with Gasteiger partial charge in [0.2, 0.25) is 0 Å². The number of nitrogens with one attached hydrogen (secondary N) is 1. The van der Waals surface area contributed by atoms with Crippen LogP contribution in [0.5, 0.6) is 5.75 Å². The molecule has 5 heteroatoms. The van der Waals surface area contributed by atoms with Gasteiger partial charge in [0, 0.05) is 10.5 Å². The summed E-state index contributed by atoms with van der Waals surface area (Å²) in [4.78, 5) is 11.6. The fourth-order valence-corrected chi connectivity index (χ4v) is 1.93. The van der Waals surface area contributed by atoms with E-state index in [1.165, 1.54) is 0 Å². The fourth-order valence-electron chi connectivity index (χ4n) is 1.20. The normalized spacial score (nSPS) is 12.3. The van der Waals surface area contributed by atoms with E-state index in [1.54, 1.807) is 12.1 Å². The summed E-state index contributed by atoms with van der Waals surface area (Å²) >= 11 is 9.29. The van der Waals surface area contributed by atoms with Gasteiger partial charge in [0.1, 0.15) is 5.75 Å². The Kier molecular flexibility index (Phi) is 5.96. The van der Waals surface area contributed by atoms with Crippen molar-refractivity contribution < 1.29 is 9.53 Å². The number of halogens is 2. The topological polar surface area (TPSA) is 38.3 Å². The van der Waals surface area contributed by atoms with Crippen LogP contribution in [0.3, 0.4) is 0 Å². The Labute approximate surface area is 121 Å². The van der Waals surface area contributed by atoms with Crippen molar-refractivity contribution in [1.82, 2.24) is 5.32 Å². The molecule has 18 heavy (non-hydrogen) atoms. The second-order valence-electron chi connectivity index (χ2n) is 4.46. The molecule has 3 nitrogen and oxygen atoms in total. The number of amides is 1. The molecule has 0 aromatic heterocycles. The average Bonchev–Trinajstić information content (AvgIpc) is 2.27. The third kappa shape index (κ3) is 4.86. The smallest absolute Gasteiger partial charge is 0.258 e. The molecule has 0 heterocycles. The maximum Gasteiger partial charge on any atom is 0.258 e. The summed E-state index contributed by atoms with van der Waals surface area (Å²) in [5, 5.41) is 3.34. The number of carbonyl (C=O) groups is 1. The molecule has 0 aliphatic heterocycles. The minimum atomic E-state index is -0.143. The lowest BCUT2D eigenvalue weighted by molar-refractivity contribution is -0.123. The van der Waals surface area contributed by atoms with E-state index in [-0.39, 0.29) is 18.6 Å². The van der Waals surface area contributed by atoms with E-state index in [0.717, 1.165) is 4.47 Å². The Bertz CT molecular complexity index is 423. The highest BCUT2D eigenvalue weighted by molar-refractivity contribution is 9.10. The van der Waals surface area contributed by atoms with Crippen molar-refractivity contribution in [2.24, 2.45) is 5.92 Å². The molecule has 0 unspecified atom stereocenters. The van der Waals surface area contributed by atoms with E-state index >= 15 is 0 Å². The molecule has 0 fully saturated rings. The standard InChI is InChI=1S/C13H17BrClNO2/c1-8(2)9(3)16-13(17)7-18-12-5-4-10(14)6-11(12)15/h4-6,8-9H,7H2,1-3H3,(H,16,17)/t9-/m1/s1. The summed E-state index contributed by atoms with van der Waals surface area (Å²) < 4.78 is 6.24. The summed E-state index contributed by atoms with van der Waals surface area (Å²) in [6.07, 6.45) is 0. The van der Waals surface area contributed by atoms with Crippen LogP contribution in [0, 0.1) is 5.92 Å². The van der Waals surface area contributed by atoms with Crippen molar-refractivity contribution in [3.05, 3.63) is 27.7 Å². The zero-order chi connectivity index (χ0) is 13.7. The molecular formula is C13H17BrClNO2. The molecule has 0 aliphatic carbocycles. The lowest BCUT2D eigenvalue weighted by Gasteiger charge is -2.17. The molecular weight excluding hydrogens is 318 g/mol. The highest BCUT2D eigenvalue weighted by Crippen LogP contribution is 2.27. The predicted octanol–water partition coefficient (Wildman–Crippen LogP) is 3.64. The van der Waals surface area contributed by atoms with Crippen molar-refractivity contribution in [3.8, 4) is 5.75 Å². The molecule has 0 radical (unpaired) electrons. The molecule has 0 saturated carbocycles. The molecule has 0 aliphatic rings. The van der Waals surface area contributed by atoms with Crippen LogP contribution in [0.15, 0.2) is 22.7 Å². The van der Waals surface area contributed by atoms with Crippen molar-refractivity contribution in [2.45, 2.75) is 26.8 Å². The number of carbonyl (C=O) groups excluding carboxylic acids is 1. The van der Waals surface area contributed by atoms with E-state index in [2.05, 4.69) is 35.1 Å². The van der Waals surface area contributed by atoms with Gasteiger partial charge in [-0.25, -0.2) is 0 Å². The third-order valence-electron chi connectivity index (χ3n) is 2.64. The van der Waals surface area contributed by atoms with E-state index in [0.29, 0.717) is 16.7 Å². The molecule has 1 aromatic carbocycles. The first-order chi connectivity index (χ1) is 8.40. The Morgan fingerprint density at radius 2 is 2.11 bits per heavy atom. The van der Waals surface area contributed by atoms with Crippen LogP contribution in [0.25, 0.3) is 0 Å². The first-order valence-electron chi connectivity index (χ1n) is 5.77. The van der Waals surface area contributed by atoms with Gasteiger partial charge < -0.3 is 10.1 Å². The second kappa shape index (κ2) is 7.00. The maximum atomic E-state index is 11.6. The summed E-state index contributed by atoms with van der Waals surface area (Å²) in [6, 6.07) is 5.40. The average molecular weight is 335 g/mol. The van der Waals surface area contributed by atoms with Crippen LogP contribution >= 0.6 is 27.5 Å². The SMILES string of the molecule is CC(C)[C@@H](C)NC(=O)COc1ccc(Br)cc1Cl. The molecule has 1 rings (SSSR count). The molecule has 1 amide bonds. The van der Waals surface area contributed by atoms with Crippen molar-refractivity contribution in [2.75, 3.05) is 6.61 Å². The van der Waals surface area contributed by atoms with Crippen molar-refractivity contribution in [3.63, 3.8) is 0 Å². The fraction of sp³-hybridized carbons (Fsp3) is 0.462. The van der Waals surface area contributed by atoms with E-state index in [1.807, 2.05) is 13.0 Å². The molecule has 100 valence electrons. The number of hydrogen-bond acceptors (Lipinski definition) is 2. The minimum absolute atomic E-state index is 0.0294. The maximum absolute atomic E-state index is 11.6. The second-order valence-corrected chi connectivity index (χ2v) is 5.79. The Morgan fingerprint density at radius 3 is 2.67 bits per heavy atom. The zero-order valence-corrected chi connectivity index (χ0v) is 13.0. The molecule has 0 spiro atoms. The van der Waals surface area contributed by atoms with Crippen LogP contribution < -0.4 is 10.1 Å². The first kappa shape index (κ1) is 15.3. The van der Waals surface area contributed by atoms with Crippen molar-refractivity contribution >= 4 is 33.4 Å². The molecule has 0 bridgehead atoms. The summed E-state index contributed by atoms with van der Waals surface area (Å²) in [6.45, 7) is 6.04. The van der Waals surface area contributed by atoms with Crippen LogP contribution in [0.1, 0.15) is 20.8 Å². The molecule has 1 atom stereocenters. The quantitative estimate of drug-likeness (QED) is 0.893. The molecule has 1 N–H and O–H groups in total. The zero-order valence-electron chi connectivity index (χ0n) is 10.7.